The van der Waals surface area contributed by atoms with Crippen molar-refractivity contribution in [2.75, 3.05) is 38.5 Å². The summed E-state index contributed by atoms with van der Waals surface area (Å²) in [6.07, 6.45) is 8.58. The maximum Gasteiger partial charge on any atom is 0.197 e. The van der Waals surface area contributed by atoms with Crippen LogP contribution < -0.4 is 5.32 Å². The summed E-state index contributed by atoms with van der Waals surface area (Å²) in [5, 5.41) is 4.41. The molecular weight excluding hydrogens is 428 g/mol. The molecule has 1 fully saturated rings. The van der Waals surface area contributed by atoms with Crippen LogP contribution in [0.2, 0.25) is 0 Å². The third kappa shape index (κ3) is 3.95. The lowest BCUT2D eigenvalue weighted by Gasteiger charge is -2.32. The minimum Gasteiger partial charge on any atom is -0.449 e. The highest BCUT2D eigenvalue weighted by Crippen LogP contribution is 2.38. The smallest absolute Gasteiger partial charge is 0.197 e. The number of hydrogen-bond donors (Lipinski definition) is 1. The highest BCUT2D eigenvalue weighted by atomic mass is 16.3. The molecule has 0 atom stereocenters. The zero-order valence-corrected chi connectivity index (χ0v) is 19.1. The zero-order chi connectivity index (χ0) is 23.1. The third-order valence-electron chi connectivity index (χ3n) is 6.70. The molecule has 6 rings (SSSR count). The van der Waals surface area contributed by atoms with E-state index in [1.165, 1.54) is 0 Å². The van der Waals surface area contributed by atoms with Crippen LogP contribution in [0.5, 0.6) is 0 Å². The molecule has 0 radical (unpaired) electrons. The van der Waals surface area contributed by atoms with Gasteiger partial charge in [0.15, 0.2) is 23.0 Å². The molecule has 3 aromatic heterocycles. The number of carbonyl (C=O) groups is 1. The number of hydrogen-bond acceptors (Lipinski definition) is 8. The van der Waals surface area contributed by atoms with Crippen LogP contribution in [0.3, 0.4) is 0 Å². The van der Waals surface area contributed by atoms with E-state index in [9.17, 15) is 4.79 Å². The number of likely N-dealkylation sites (N-methyl/N-ethyl adjacent to an activating group) is 1. The Morgan fingerprint density at radius 1 is 1.03 bits per heavy atom. The number of rotatable bonds is 5. The fraction of sp³-hybridized carbons (Fsp3) is 0.308. The number of ketones is 1. The number of nitrogens with zero attached hydrogens (tertiary/aromatic N) is 5. The monoisotopic (exact) mass is 454 g/mol. The molecule has 1 aliphatic heterocycles. The molecule has 172 valence electrons. The van der Waals surface area contributed by atoms with Crippen LogP contribution in [0.15, 0.2) is 53.5 Å². The van der Waals surface area contributed by atoms with Crippen molar-refractivity contribution in [3.8, 4) is 11.6 Å². The minimum absolute atomic E-state index is 0.215. The van der Waals surface area contributed by atoms with Gasteiger partial charge in [0.2, 0.25) is 0 Å². The maximum atomic E-state index is 12.0. The fourth-order valence-corrected chi connectivity index (χ4v) is 4.73. The van der Waals surface area contributed by atoms with Crippen LogP contribution in [0.1, 0.15) is 27.9 Å². The molecule has 1 saturated heterocycles. The molecule has 34 heavy (non-hydrogen) atoms. The first-order chi connectivity index (χ1) is 16.6. The number of fused-ring (bicyclic) bond motifs is 2. The molecule has 8 nitrogen and oxygen atoms in total. The van der Waals surface area contributed by atoms with Gasteiger partial charge in [-0.25, -0.2) is 9.97 Å². The predicted molar refractivity (Wildman–Crippen MR) is 130 cm³/mol. The summed E-state index contributed by atoms with van der Waals surface area (Å²) in [4.78, 5) is 30.3. The lowest BCUT2D eigenvalue weighted by Crippen LogP contribution is -2.43. The molecule has 0 bridgehead atoms. The van der Waals surface area contributed by atoms with Gasteiger partial charge in [0.05, 0.1) is 11.9 Å². The van der Waals surface area contributed by atoms with Crippen molar-refractivity contribution in [2.45, 2.75) is 19.4 Å². The summed E-state index contributed by atoms with van der Waals surface area (Å²) in [6, 6.07) is 7.80. The van der Waals surface area contributed by atoms with Gasteiger partial charge in [-0.3, -0.25) is 14.7 Å². The van der Waals surface area contributed by atoms with Crippen molar-refractivity contribution in [1.29, 1.82) is 0 Å². The van der Waals surface area contributed by atoms with Crippen LogP contribution >= 0.6 is 0 Å². The number of piperazine rings is 1. The van der Waals surface area contributed by atoms with Crippen LogP contribution in [0.4, 0.5) is 11.4 Å². The third-order valence-corrected chi connectivity index (χ3v) is 6.70. The van der Waals surface area contributed by atoms with E-state index in [1.54, 1.807) is 12.4 Å². The topological polar surface area (TPSA) is 87.4 Å². The number of nitrogens with one attached hydrogen (secondary N) is 1. The number of Topliss-reactive ketones (excluding diaryl/α,β-unsaturated/α-hetero) is 1. The molecular formula is C26H26N6O2. The standard InChI is InChI=1S/C26H26N6O2/c1-31-8-10-32(11-9-31)16-17-13-28-26(29-14-17)25-24(21-6-7-27-15-23(21)34-25)30-19-3-4-20-18(12-19)2-5-22(20)33/h3-4,6-7,12-15,30H,2,5,8-11,16H2,1H3. The summed E-state index contributed by atoms with van der Waals surface area (Å²) >= 11 is 0. The summed E-state index contributed by atoms with van der Waals surface area (Å²) in [5.41, 5.74) is 5.36. The highest BCUT2D eigenvalue weighted by molar-refractivity contribution is 6.02. The largest absolute Gasteiger partial charge is 0.449 e. The van der Waals surface area contributed by atoms with E-state index in [0.29, 0.717) is 23.6 Å². The second-order valence-electron chi connectivity index (χ2n) is 9.09. The molecule has 0 saturated carbocycles. The zero-order valence-electron chi connectivity index (χ0n) is 19.1. The average molecular weight is 455 g/mol. The normalized spacial score (nSPS) is 16.8. The van der Waals surface area contributed by atoms with Crippen LogP contribution in [0.25, 0.3) is 22.6 Å². The van der Waals surface area contributed by atoms with Gasteiger partial charge in [-0.15, -0.1) is 0 Å². The quantitative estimate of drug-likeness (QED) is 0.486. The number of benzene rings is 1. The maximum absolute atomic E-state index is 12.0. The van der Waals surface area contributed by atoms with Gasteiger partial charge < -0.3 is 14.6 Å². The van der Waals surface area contributed by atoms with Crippen LogP contribution in [0, 0.1) is 0 Å². The minimum atomic E-state index is 0.215. The van der Waals surface area contributed by atoms with Gasteiger partial charge in [-0.1, -0.05) is 0 Å². The van der Waals surface area contributed by atoms with Crippen molar-refractivity contribution in [2.24, 2.45) is 0 Å². The molecule has 0 spiro atoms. The Hall–Kier alpha value is -3.62. The van der Waals surface area contributed by atoms with E-state index >= 15 is 0 Å². The number of furan rings is 1. The Labute approximate surface area is 197 Å². The number of aromatic nitrogens is 3. The summed E-state index contributed by atoms with van der Waals surface area (Å²) in [5.74, 6) is 1.31. The molecule has 0 amide bonds. The SMILES string of the molecule is CN1CCN(Cc2cnc(-c3oc4cnccc4c3Nc3ccc4c(c3)CCC4=O)nc2)CC1. The van der Waals surface area contributed by atoms with Crippen molar-refractivity contribution < 1.29 is 9.21 Å². The molecule has 4 aromatic rings. The summed E-state index contributed by atoms with van der Waals surface area (Å²) < 4.78 is 6.15. The Kier molecular flexibility index (Phi) is 5.31. The van der Waals surface area contributed by atoms with E-state index in [0.717, 1.165) is 72.6 Å². The second kappa shape index (κ2) is 8.62. The fourth-order valence-electron chi connectivity index (χ4n) is 4.73. The van der Waals surface area contributed by atoms with Crippen LogP contribution in [-0.2, 0) is 13.0 Å². The van der Waals surface area contributed by atoms with E-state index in [1.807, 2.05) is 36.7 Å². The number of anilines is 2. The number of carbonyl (C=O) groups excluding carboxylic acids is 1. The Balaban J connectivity index is 1.30. The first-order valence-corrected chi connectivity index (χ1v) is 11.7. The highest BCUT2D eigenvalue weighted by Gasteiger charge is 2.22. The number of pyridine rings is 1. The van der Waals surface area contributed by atoms with E-state index < -0.39 is 0 Å². The van der Waals surface area contributed by atoms with Gasteiger partial charge in [0, 0.05) is 79.9 Å². The van der Waals surface area contributed by atoms with Crippen LogP contribution in [-0.4, -0.2) is 63.8 Å². The van der Waals surface area contributed by atoms with Crippen molar-refractivity contribution >= 4 is 28.1 Å². The second-order valence-corrected chi connectivity index (χ2v) is 9.09. The molecule has 2 aliphatic rings. The van der Waals surface area contributed by atoms with Crippen molar-refractivity contribution in [3.63, 3.8) is 0 Å². The molecule has 4 heterocycles. The molecule has 8 heteroatoms. The Morgan fingerprint density at radius 3 is 2.68 bits per heavy atom. The van der Waals surface area contributed by atoms with Gasteiger partial charge >= 0.3 is 0 Å². The Bertz CT molecular complexity index is 1360. The van der Waals surface area contributed by atoms with Crippen molar-refractivity contribution in [1.82, 2.24) is 24.8 Å². The molecule has 1 aliphatic carbocycles. The lowest BCUT2D eigenvalue weighted by molar-refractivity contribution is 0.0994. The molecule has 0 unspecified atom stereocenters. The van der Waals surface area contributed by atoms with Gasteiger partial charge in [-0.05, 0) is 43.3 Å². The van der Waals surface area contributed by atoms with Gasteiger partial charge in [0.25, 0.3) is 0 Å². The average Bonchev–Trinajstić information content (AvgIpc) is 3.41. The first-order valence-electron chi connectivity index (χ1n) is 11.7. The van der Waals surface area contributed by atoms with Gasteiger partial charge in [0.1, 0.15) is 0 Å². The lowest BCUT2D eigenvalue weighted by atomic mass is 10.1. The first kappa shape index (κ1) is 20.9. The predicted octanol–water partition coefficient (Wildman–Crippen LogP) is 3.90. The van der Waals surface area contributed by atoms with E-state index in [2.05, 4.69) is 37.1 Å². The summed E-state index contributed by atoms with van der Waals surface area (Å²) in [6.45, 7) is 5.11. The number of aryl methyl sites for hydroxylation is 1. The van der Waals surface area contributed by atoms with Gasteiger partial charge in [-0.2, -0.15) is 0 Å². The molecule has 1 N–H and O–H groups in total. The van der Waals surface area contributed by atoms with Crippen molar-refractivity contribution in [3.05, 3.63) is 65.7 Å². The molecule has 1 aromatic carbocycles. The van der Waals surface area contributed by atoms with E-state index in [4.69, 9.17) is 4.42 Å². The van der Waals surface area contributed by atoms with E-state index in [-0.39, 0.29) is 5.78 Å². The summed E-state index contributed by atoms with van der Waals surface area (Å²) in [7, 11) is 2.16. The Morgan fingerprint density at radius 2 is 1.85 bits per heavy atom.